The molecule has 0 saturated heterocycles. The number of ether oxygens (including phenoxy) is 1. The first kappa shape index (κ1) is 10.5. The summed E-state index contributed by atoms with van der Waals surface area (Å²) in [7, 11) is 0. The Morgan fingerprint density at radius 3 is 2.60 bits per heavy atom. The molecular formula is C13H18O2. The fourth-order valence-corrected chi connectivity index (χ4v) is 2.78. The SMILES string of the molecule is CC(=O)OC1(C2C=CC=CC2)CCCC1. The van der Waals surface area contributed by atoms with Gasteiger partial charge in [0.1, 0.15) is 5.60 Å². The van der Waals surface area contributed by atoms with Crippen molar-refractivity contribution in [1.82, 2.24) is 0 Å². The zero-order valence-corrected chi connectivity index (χ0v) is 9.24. The van der Waals surface area contributed by atoms with Crippen molar-refractivity contribution >= 4 is 5.97 Å². The number of carbonyl (C=O) groups excluding carboxylic acids is 1. The van der Waals surface area contributed by atoms with Crippen LogP contribution in [0, 0.1) is 5.92 Å². The van der Waals surface area contributed by atoms with E-state index in [0.29, 0.717) is 5.92 Å². The molecule has 1 atom stereocenters. The smallest absolute Gasteiger partial charge is 0.303 e. The minimum atomic E-state index is -0.201. The summed E-state index contributed by atoms with van der Waals surface area (Å²) in [5, 5.41) is 0. The second-order valence-electron chi connectivity index (χ2n) is 4.52. The van der Waals surface area contributed by atoms with Gasteiger partial charge in [-0.25, -0.2) is 0 Å². The van der Waals surface area contributed by atoms with Crippen LogP contribution in [-0.2, 0) is 9.53 Å². The van der Waals surface area contributed by atoms with Crippen molar-refractivity contribution in [1.29, 1.82) is 0 Å². The molecule has 2 aliphatic rings. The van der Waals surface area contributed by atoms with Crippen molar-refractivity contribution in [3.05, 3.63) is 24.3 Å². The van der Waals surface area contributed by atoms with Gasteiger partial charge in [-0.2, -0.15) is 0 Å². The van der Waals surface area contributed by atoms with Gasteiger partial charge in [-0.15, -0.1) is 0 Å². The van der Waals surface area contributed by atoms with Crippen LogP contribution in [0.15, 0.2) is 24.3 Å². The Hall–Kier alpha value is -1.05. The Morgan fingerprint density at radius 1 is 1.33 bits per heavy atom. The number of allylic oxidation sites excluding steroid dienone is 3. The van der Waals surface area contributed by atoms with Crippen LogP contribution in [0.2, 0.25) is 0 Å². The van der Waals surface area contributed by atoms with Crippen LogP contribution in [-0.4, -0.2) is 11.6 Å². The van der Waals surface area contributed by atoms with E-state index in [1.165, 1.54) is 19.8 Å². The average Bonchev–Trinajstić information content (AvgIpc) is 2.68. The summed E-state index contributed by atoms with van der Waals surface area (Å²) in [6, 6.07) is 0. The summed E-state index contributed by atoms with van der Waals surface area (Å²) in [4.78, 5) is 11.2. The molecule has 2 nitrogen and oxygen atoms in total. The Bertz CT molecular complexity index is 296. The predicted molar refractivity (Wildman–Crippen MR) is 59.4 cm³/mol. The highest BCUT2D eigenvalue weighted by atomic mass is 16.6. The lowest BCUT2D eigenvalue weighted by atomic mass is 9.81. The van der Waals surface area contributed by atoms with Crippen LogP contribution in [0.25, 0.3) is 0 Å². The molecule has 0 aromatic rings. The number of hydrogen-bond donors (Lipinski definition) is 0. The highest BCUT2D eigenvalue weighted by Gasteiger charge is 2.42. The lowest BCUT2D eigenvalue weighted by Gasteiger charge is -2.35. The first-order chi connectivity index (χ1) is 7.23. The Kier molecular flexibility index (Phi) is 2.94. The summed E-state index contributed by atoms with van der Waals surface area (Å²) in [6.07, 6.45) is 13.9. The molecule has 0 aliphatic heterocycles. The molecule has 0 aromatic heterocycles. The van der Waals surface area contributed by atoms with Crippen molar-refractivity contribution in [2.75, 3.05) is 0 Å². The molecule has 2 heteroatoms. The van der Waals surface area contributed by atoms with Crippen LogP contribution >= 0.6 is 0 Å². The van der Waals surface area contributed by atoms with Gasteiger partial charge in [0.05, 0.1) is 0 Å². The predicted octanol–water partition coefficient (Wildman–Crippen LogP) is 2.99. The largest absolute Gasteiger partial charge is 0.459 e. The molecular weight excluding hydrogens is 188 g/mol. The Morgan fingerprint density at radius 2 is 2.07 bits per heavy atom. The third-order valence-electron chi connectivity index (χ3n) is 3.45. The maximum absolute atomic E-state index is 11.2. The Labute approximate surface area is 91.0 Å². The molecule has 1 fully saturated rings. The lowest BCUT2D eigenvalue weighted by Crippen LogP contribution is -2.39. The monoisotopic (exact) mass is 206 g/mol. The summed E-state index contributed by atoms with van der Waals surface area (Å²) in [5.74, 6) is 0.244. The maximum atomic E-state index is 11.2. The van der Waals surface area contributed by atoms with Gasteiger partial charge in [-0.05, 0) is 32.1 Å². The Balaban J connectivity index is 2.14. The van der Waals surface area contributed by atoms with Gasteiger partial charge in [-0.1, -0.05) is 24.3 Å². The van der Waals surface area contributed by atoms with E-state index in [0.717, 1.165) is 19.3 Å². The van der Waals surface area contributed by atoms with Gasteiger partial charge in [0.2, 0.25) is 0 Å². The van der Waals surface area contributed by atoms with Crippen molar-refractivity contribution in [2.24, 2.45) is 5.92 Å². The van der Waals surface area contributed by atoms with Gasteiger partial charge in [-0.3, -0.25) is 4.79 Å². The molecule has 2 aliphatic carbocycles. The number of esters is 1. The fraction of sp³-hybridized carbons (Fsp3) is 0.615. The third kappa shape index (κ3) is 2.14. The molecule has 0 aromatic carbocycles. The summed E-state index contributed by atoms with van der Waals surface area (Å²) < 4.78 is 5.61. The zero-order chi connectivity index (χ0) is 10.7. The number of hydrogen-bond acceptors (Lipinski definition) is 2. The normalized spacial score (nSPS) is 27.9. The molecule has 0 amide bonds. The second-order valence-corrected chi connectivity index (χ2v) is 4.52. The van der Waals surface area contributed by atoms with Gasteiger partial charge in [0.25, 0.3) is 0 Å². The van der Waals surface area contributed by atoms with Crippen LogP contribution in [0.5, 0.6) is 0 Å². The molecule has 0 N–H and O–H groups in total. The van der Waals surface area contributed by atoms with E-state index in [1.54, 1.807) is 0 Å². The van der Waals surface area contributed by atoms with Crippen molar-refractivity contribution in [3.8, 4) is 0 Å². The standard InChI is InChI=1S/C13H18O2/c1-11(14)15-13(9-5-6-10-13)12-7-3-2-4-8-12/h2-4,7,12H,5-6,8-10H2,1H3. The molecule has 82 valence electrons. The van der Waals surface area contributed by atoms with E-state index < -0.39 is 0 Å². The molecule has 2 rings (SSSR count). The first-order valence-electron chi connectivity index (χ1n) is 5.76. The lowest BCUT2D eigenvalue weighted by molar-refractivity contribution is -0.160. The summed E-state index contributed by atoms with van der Waals surface area (Å²) >= 11 is 0. The minimum Gasteiger partial charge on any atom is -0.459 e. The molecule has 1 unspecified atom stereocenters. The quantitative estimate of drug-likeness (QED) is 0.649. The first-order valence-corrected chi connectivity index (χ1v) is 5.76. The van der Waals surface area contributed by atoms with Crippen LogP contribution in [0.4, 0.5) is 0 Å². The van der Waals surface area contributed by atoms with E-state index in [1.807, 2.05) is 0 Å². The highest BCUT2D eigenvalue weighted by Crippen LogP contribution is 2.42. The zero-order valence-electron chi connectivity index (χ0n) is 9.24. The van der Waals surface area contributed by atoms with Crippen molar-refractivity contribution in [2.45, 2.75) is 44.6 Å². The van der Waals surface area contributed by atoms with Gasteiger partial charge in [0, 0.05) is 12.8 Å². The van der Waals surface area contributed by atoms with E-state index in [-0.39, 0.29) is 11.6 Å². The molecule has 15 heavy (non-hydrogen) atoms. The number of carbonyl (C=O) groups is 1. The fourth-order valence-electron chi connectivity index (χ4n) is 2.78. The van der Waals surface area contributed by atoms with E-state index >= 15 is 0 Å². The van der Waals surface area contributed by atoms with E-state index in [9.17, 15) is 4.79 Å². The third-order valence-corrected chi connectivity index (χ3v) is 3.45. The number of rotatable bonds is 2. The second kappa shape index (κ2) is 4.21. The van der Waals surface area contributed by atoms with Crippen molar-refractivity contribution < 1.29 is 9.53 Å². The van der Waals surface area contributed by atoms with Gasteiger partial charge in [0.15, 0.2) is 0 Å². The molecule has 0 spiro atoms. The highest BCUT2D eigenvalue weighted by molar-refractivity contribution is 5.66. The van der Waals surface area contributed by atoms with Gasteiger partial charge < -0.3 is 4.74 Å². The molecule has 0 bridgehead atoms. The van der Waals surface area contributed by atoms with Crippen LogP contribution < -0.4 is 0 Å². The summed E-state index contributed by atoms with van der Waals surface area (Å²) in [6.45, 7) is 1.52. The van der Waals surface area contributed by atoms with Gasteiger partial charge >= 0.3 is 5.97 Å². The molecule has 0 heterocycles. The molecule has 1 saturated carbocycles. The minimum absolute atomic E-state index is 0.139. The average molecular weight is 206 g/mol. The maximum Gasteiger partial charge on any atom is 0.303 e. The molecule has 0 radical (unpaired) electrons. The van der Waals surface area contributed by atoms with Crippen molar-refractivity contribution in [3.63, 3.8) is 0 Å². The van der Waals surface area contributed by atoms with E-state index in [4.69, 9.17) is 4.74 Å². The summed E-state index contributed by atoms with van der Waals surface area (Å²) in [5.41, 5.74) is -0.201. The van der Waals surface area contributed by atoms with Crippen LogP contribution in [0.1, 0.15) is 39.0 Å². The topological polar surface area (TPSA) is 26.3 Å². The van der Waals surface area contributed by atoms with E-state index in [2.05, 4.69) is 24.3 Å². The van der Waals surface area contributed by atoms with Crippen LogP contribution in [0.3, 0.4) is 0 Å².